The number of dihydropyridines is 1. The number of aromatic nitrogens is 5. The zero-order valence-corrected chi connectivity index (χ0v) is 19.2. The third-order valence-electron chi connectivity index (χ3n) is 6.32. The number of fused-ring (bicyclic) bond motifs is 1. The van der Waals surface area contributed by atoms with Gasteiger partial charge in [0.1, 0.15) is 24.0 Å². The number of aliphatic hydroxyl groups is 1. The average Bonchev–Trinajstić information content (AvgIpc) is 3.42. The smallest absolute Gasteiger partial charge is 0.231 e. The largest absolute Gasteiger partial charge is 0.391 e. The lowest BCUT2D eigenvalue weighted by Crippen LogP contribution is -2.37. The number of pyridine rings is 2. The molecule has 3 N–H and O–H groups in total. The Morgan fingerprint density at radius 3 is 2.85 bits per heavy atom. The highest BCUT2D eigenvalue weighted by atomic mass is 19.1. The van der Waals surface area contributed by atoms with Crippen LogP contribution in [0.4, 0.5) is 10.2 Å². The first kappa shape index (κ1) is 22.1. The predicted molar refractivity (Wildman–Crippen MR) is 126 cm³/mol. The zero-order chi connectivity index (χ0) is 24.0. The molecule has 3 aromatic rings. The molecule has 0 bridgehead atoms. The molecule has 1 saturated carbocycles. The highest BCUT2D eigenvalue weighted by molar-refractivity contribution is 5.97. The number of carbonyl (C=O) groups is 1. The maximum atomic E-state index is 13.2. The van der Waals surface area contributed by atoms with Crippen LogP contribution in [0.15, 0.2) is 42.5 Å². The number of anilines is 1. The Kier molecular flexibility index (Phi) is 5.60. The van der Waals surface area contributed by atoms with E-state index in [1.54, 1.807) is 23.2 Å². The predicted octanol–water partition coefficient (Wildman–Crippen LogP) is 2.75. The maximum absolute atomic E-state index is 13.2. The minimum absolute atomic E-state index is 0.163. The number of nitrogens with one attached hydrogen (secondary N) is 2. The van der Waals surface area contributed by atoms with Crippen molar-refractivity contribution in [2.45, 2.75) is 45.0 Å². The molecule has 3 aromatic heterocycles. The Balaban J connectivity index is 1.57. The van der Waals surface area contributed by atoms with Crippen molar-refractivity contribution in [2.24, 2.45) is 13.0 Å². The summed E-state index contributed by atoms with van der Waals surface area (Å²) < 4.78 is 15.0. The van der Waals surface area contributed by atoms with E-state index < -0.39 is 18.2 Å². The van der Waals surface area contributed by atoms with Crippen molar-refractivity contribution in [1.82, 2.24) is 30.0 Å². The van der Waals surface area contributed by atoms with E-state index in [0.717, 1.165) is 22.1 Å². The summed E-state index contributed by atoms with van der Waals surface area (Å²) in [6.45, 7) is 3.94. The molecule has 1 aliphatic heterocycles. The number of hydrogen-bond acceptors (Lipinski definition) is 7. The summed E-state index contributed by atoms with van der Waals surface area (Å²) in [5, 5.41) is 25.3. The van der Waals surface area contributed by atoms with Crippen molar-refractivity contribution in [1.29, 1.82) is 0 Å². The van der Waals surface area contributed by atoms with Gasteiger partial charge in [0.2, 0.25) is 5.91 Å². The molecule has 5 rings (SSSR count). The van der Waals surface area contributed by atoms with Crippen molar-refractivity contribution in [3.05, 3.63) is 48.1 Å². The van der Waals surface area contributed by atoms with Crippen LogP contribution in [0.3, 0.4) is 0 Å². The number of nitrogens with zero attached hydrogens (tertiary/aromatic N) is 5. The fourth-order valence-corrected chi connectivity index (χ4v) is 4.13. The minimum Gasteiger partial charge on any atom is -0.391 e. The third kappa shape index (κ3) is 4.05. The van der Waals surface area contributed by atoms with Gasteiger partial charge in [0.15, 0.2) is 5.82 Å². The Hall–Kier alpha value is -3.66. The molecule has 176 valence electrons. The number of amides is 1. The topological polar surface area (TPSA) is 118 Å². The summed E-state index contributed by atoms with van der Waals surface area (Å²) in [6, 6.07) is 3.49. The second-order valence-corrected chi connectivity index (χ2v) is 8.84. The molecule has 1 amide bonds. The van der Waals surface area contributed by atoms with Crippen molar-refractivity contribution in [3.8, 4) is 11.5 Å². The van der Waals surface area contributed by atoms with E-state index in [9.17, 15) is 14.3 Å². The van der Waals surface area contributed by atoms with Gasteiger partial charge in [-0.1, -0.05) is 13.0 Å². The van der Waals surface area contributed by atoms with Crippen LogP contribution >= 0.6 is 0 Å². The van der Waals surface area contributed by atoms with Crippen LogP contribution in [0.2, 0.25) is 0 Å². The molecule has 0 radical (unpaired) electrons. The van der Waals surface area contributed by atoms with Gasteiger partial charge < -0.3 is 20.3 Å². The molecule has 0 spiro atoms. The fourth-order valence-electron chi connectivity index (χ4n) is 4.13. The lowest BCUT2D eigenvalue weighted by molar-refractivity contribution is -0.117. The fraction of sp³-hybridized carbons (Fsp3) is 0.375. The quantitative estimate of drug-likeness (QED) is 0.514. The van der Waals surface area contributed by atoms with E-state index in [4.69, 9.17) is 4.98 Å². The first-order valence-electron chi connectivity index (χ1n) is 11.3. The van der Waals surface area contributed by atoms with Crippen LogP contribution in [0.5, 0.6) is 0 Å². The monoisotopic (exact) mass is 463 g/mol. The number of hydrogen-bond donors (Lipinski definition) is 3. The number of carbonyl (C=O) groups excluding carboxylic acids is 1. The average molecular weight is 464 g/mol. The van der Waals surface area contributed by atoms with Gasteiger partial charge in [-0.25, -0.2) is 14.4 Å². The number of aliphatic hydroxyl groups excluding tert-OH is 1. The van der Waals surface area contributed by atoms with Gasteiger partial charge in [-0.05, 0) is 31.4 Å². The van der Waals surface area contributed by atoms with Gasteiger partial charge in [-0.15, -0.1) is 10.2 Å². The molecule has 34 heavy (non-hydrogen) atoms. The lowest BCUT2D eigenvalue weighted by Gasteiger charge is -2.26. The minimum atomic E-state index is -1.07. The molecular formula is C24H26FN7O2. The van der Waals surface area contributed by atoms with E-state index in [-0.39, 0.29) is 18.4 Å². The maximum Gasteiger partial charge on any atom is 0.231 e. The summed E-state index contributed by atoms with van der Waals surface area (Å²) in [7, 11) is 1.84. The first-order valence-corrected chi connectivity index (χ1v) is 11.3. The second-order valence-electron chi connectivity index (χ2n) is 8.84. The van der Waals surface area contributed by atoms with Gasteiger partial charge in [0, 0.05) is 42.0 Å². The van der Waals surface area contributed by atoms with Crippen molar-refractivity contribution in [3.63, 3.8) is 0 Å². The molecule has 9 nitrogen and oxygen atoms in total. The summed E-state index contributed by atoms with van der Waals surface area (Å²) in [5.74, 6) is -0.0566. The van der Waals surface area contributed by atoms with E-state index in [1.807, 2.05) is 39.2 Å². The Bertz CT molecular complexity index is 1330. The first-order chi connectivity index (χ1) is 16.4. The SMILES string of the molecule is CCC(O)C1C=C(C)C(c2cc3cnc(NC(=O)C4CC4F)cc3nc2-c2nncn2C)=CN1. The van der Waals surface area contributed by atoms with Gasteiger partial charge in [-0.3, -0.25) is 4.79 Å². The number of halogens is 1. The van der Waals surface area contributed by atoms with Crippen molar-refractivity contribution < 1.29 is 14.3 Å². The van der Waals surface area contributed by atoms with Gasteiger partial charge >= 0.3 is 0 Å². The summed E-state index contributed by atoms with van der Waals surface area (Å²) >= 11 is 0. The van der Waals surface area contributed by atoms with Gasteiger partial charge in [0.25, 0.3) is 0 Å². The summed E-state index contributed by atoms with van der Waals surface area (Å²) in [6.07, 6.45) is 6.50. The highest BCUT2D eigenvalue weighted by Crippen LogP contribution is 2.36. The zero-order valence-electron chi connectivity index (χ0n) is 19.2. The normalized spacial score (nSPS) is 22.6. The molecule has 2 aliphatic rings. The number of aryl methyl sites for hydroxylation is 1. The third-order valence-corrected chi connectivity index (χ3v) is 6.32. The summed E-state index contributed by atoms with van der Waals surface area (Å²) in [4.78, 5) is 21.3. The van der Waals surface area contributed by atoms with Crippen LogP contribution in [0, 0.1) is 5.92 Å². The van der Waals surface area contributed by atoms with Crippen molar-refractivity contribution >= 4 is 28.2 Å². The lowest BCUT2D eigenvalue weighted by atomic mass is 9.92. The number of rotatable bonds is 6. The number of alkyl halides is 1. The summed E-state index contributed by atoms with van der Waals surface area (Å²) in [5.41, 5.74) is 4.00. The Morgan fingerprint density at radius 2 is 2.21 bits per heavy atom. The van der Waals surface area contributed by atoms with Gasteiger partial charge in [0.05, 0.1) is 23.6 Å². The number of allylic oxidation sites excluding steroid dienone is 2. The van der Waals surface area contributed by atoms with E-state index >= 15 is 0 Å². The second kappa shape index (κ2) is 8.60. The standard InChI is InChI=1S/C24H26FN7O2/c1-4-20(33)19-5-12(2)16(10-26-19)14-6-13-9-27-21(30-24(34)15-7-17(15)25)8-18(13)29-22(14)23-31-28-11-32(23)3/h5-6,8-11,15,17,19-20,26,33H,4,7H2,1-3H3,(H,27,30,34). The molecule has 4 heterocycles. The van der Waals surface area contributed by atoms with Gasteiger partial charge in [-0.2, -0.15) is 0 Å². The molecule has 4 unspecified atom stereocenters. The van der Waals surface area contributed by atoms with E-state index in [2.05, 4.69) is 25.8 Å². The molecule has 4 atom stereocenters. The van der Waals surface area contributed by atoms with Crippen LogP contribution in [0.25, 0.3) is 28.0 Å². The molecule has 0 saturated heterocycles. The molecule has 1 aliphatic carbocycles. The molecule has 0 aromatic carbocycles. The van der Waals surface area contributed by atoms with Crippen LogP contribution in [-0.4, -0.2) is 54.1 Å². The Labute approximate surface area is 195 Å². The molecule has 1 fully saturated rings. The van der Waals surface area contributed by atoms with E-state index in [1.165, 1.54) is 0 Å². The van der Waals surface area contributed by atoms with E-state index in [0.29, 0.717) is 29.3 Å². The van der Waals surface area contributed by atoms with Crippen molar-refractivity contribution in [2.75, 3.05) is 5.32 Å². The Morgan fingerprint density at radius 1 is 1.41 bits per heavy atom. The van der Waals surface area contributed by atoms with Crippen LogP contribution < -0.4 is 10.6 Å². The molecule has 10 heteroatoms. The van der Waals surface area contributed by atoms with Crippen LogP contribution in [0.1, 0.15) is 32.3 Å². The highest BCUT2D eigenvalue weighted by Gasteiger charge is 2.43. The van der Waals surface area contributed by atoms with Crippen LogP contribution in [-0.2, 0) is 11.8 Å². The molecular weight excluding hydrogens is 437 g/mol.